The lowest BCUT2D eigenvalue weighted by atomic mass is 10.2. The van der Waals surface area contributed by atoms with Crippen LogP contribution in [0.15, 0.2) is 22.9 Å². The van der Waals surface area contributed by atoms with E-state index in [-0.39, 0.29) is 0 Å². The normalized spacial score (nSPS) is 11.5. The molecule has 0 aliphatic rings. The highest BCUT2D eigenvalue weighted by molar-refractivity contribution is 9.10. The third-order valence-corrected chi connectivity index (χ3v) is 2.91. The van der Waals surface area contributed by atoms with E-state index in [4.69, 9.17) is 0 Å². The van der Waals surface area contributed by atoms with Crippen LogP contribution in [0, 0.1) is 0 Å². The fourth-order valence-electron chi connectivity index (χ4n) is 1.48. The van der Waals surface area contributed by atoms with Crippen LogP contribution >= 0.6 is 15.9 Å². The fourth-order valence-corrected chi connectivity index (χ4v) is 2.07. The molecule has 0 aliphatic carbocycles. The first kappa shape index (κ1) is 10.6. The molecule has 0 saturated carbocycles. The van der Waals surface area contributed by atoms with E-state index in [1.54, 1.807) is 12.3 Å². The standard InChI is InChI=1S/C11H12BrFN2/c1-7(2)10-6-15-5-8(4-13)3-9(12)11(15)14-10/h3,5-7H,4H2,1-2H3. The average Bonchev–Trinajstić information content (AvgIpc) is 2.61. The number of rotatable bonds is 2. The lowest BCUT2D eigenvalue weighted by Crippen LogP contribution is -1.88. The summed E-state index contributed by atoms with van der Waals surface area (Å²) in [5.41, 5.74) is 2.52. The van der Waals surface area contributed by atoms with E-state index in [9.17, 15) is 4.39 Å². The summed E-state index contributed by atoms with van der Waals surface area (Å²) in [5.74, 6) is 0.380. The van der Waals surface area contributed by atoms with Crippen LogP contribution in [-0.4, -0.2) is 9.38 Å². The van der Waals surface area contributed by atoms with Crippen LogP contribution in [0.5, 0.6) is 0 Å². The van der Waals surface area contributed by atoms with Crippen molar-refractivity contribution in [2.24, 2.45) is 0 Å². The molecule has 0 N–H and O–H groups in total. The number of halogens is 2. The first-order valence-electron chi connectivity index (χ1n) is 4.85. The summed E-state index contributed by atoms with van der Waals surface area (Å²) in [6.07, 6.45) is 3.73. The Morgan fingerprint density at radius 1 is 1.47 bits per heavy atom. The molecule has 2 rings (SSSR count). The summed E-state index contributed by atoms with van der Waals surface area (Å²) in [5, 5.41) is 0. The Bertz CT molecular complexity index is 491. The van der Waals surface area contributed by atoms with E-state index in [1.807, 2.05) is 10.6 Å². The van der Waals surface area contributed by atoms with Gasteiger partial charge in [0.25, 0.3) is 0 Å². The molecule has 2 heterocycles. The second-order valence-corrected chi connectivity index (χ2v) is 4.74. The summed E-state index contributed by atoms with van der Waals surface area (Å²) >= 11 is 3.40. The topological polar surface area (TPSA) is 17.3 Å². The molecule has 2 nitrogen and oxygen atoms in total. The van der Waals surface area contributed by atoms with Crippen molar-refractivity contribution in [1.29, 1.82) is 0 Å². The number of nitrogens with zero attached hydrogens (tertiary/aromatic N) is 2. The Labute approximate surface area is 96.3 Å². The number of alkyl halides is 1. The first-order chi connectivity index (χ1) is 7.11. The van der Waals surface area contributed by atoms with Crippen LogP contribution in [0.2, 0.25) is 0 Å². The van der Waals surface area contributed by atoms with E-state index in [2.05, 4.69) is 34.8 Å². The van der Waals surface area contributed by atoms with Crippen LogP contribution in [0.1, 0.15) is 31.0 Å². The van der Waals surface area contributed by atoms with Gasteiger partial charge in [0, 0.05) is 18.0 Å². The van der Waals surface area contributed by atoms with E-state index in [1.165, 1.54) is 0 Å². The predicted molar refractivity (Wildman–Crippen MR) is 61.8 cm³/mol. The van der Waals surface area contributed by atoms with Gasteiger partial charge in [-0.15, -0.1) is 0 Å². The van der Waals surface area contributed by atoms with Crippen molar-refractivity contribution in [1.82, 2.24) is 9.38 Å². The lowest BCUT2D eigenvalue weighted by Gasteiger charge is -1.99. The Morgan fingerprint density at radius 3 is 2.80 bits per heavy atom. The molecule has 0 saturated heterocycles. The highest BCUT2D eigenvalue weighted by atomic mass is 79.9. The molecule has 15 heavy (non-hydrogen) atoms. The molecule has 0 radical (unpaired) electrons. The van der Waals surface area contributed by atoms with Gasteiger partial charge in [0.2, 0.25) is 0 Å². The molecular weight excluding hydrogens is 259 g/mol. The first-order valence-corrected chi connectivity index (χ1v) is 5.64. The van der Waals surface area contributed by atoms with E-state index in [0.717, 1.165) is 15.8 Å². The molecule has 0 fully saturated rings. The van der Waals surface area contributed by atoms with Gasteiger partial charge in [-0.05, 0) is 27.9 Å². The number of pyridine rings is 1. The molecule has 0 aliphatic heterocycles. The maximum Gasteiger partial charge on any atom is 0.151 e. The van der Waals surface area contributed by atoms with Gasteiger partial charge >= 0.3 is 0 Å². The maximum atomic E-state index is 12.5. The van der Waals surface area contributed by atoms with Gasteiger partial charge < -0.3 is 4.40 Å². The van der Waals surface area contributed by atoms with Gasteiger partial charge in [-0.2, -0.15) is 0 Å². The minimum atomic E-state index is -0.455. The van der Waals surface area contributed by atoms with Crippen LogP contribution in [0.25, 0.3) is 5.65 Å². The molecule has 80 valence electrons. The molecule has 2 aromatic heterocycles. The number of hydrogen-bond donors (Lipinski definition) is 0. The van der Waals surface area contributed by atoms with Gasteiger partial charge in [-0.25, -0.2) is 9.37 Å². The van der Waals surface area contributed by atoms with Crippen molar-refractivity contribution in [3.8, 4) is 0 Å². The quantitative estimate of drug-likeness (QED) is 0.814. The van der Waals surface area contributed by atoms with Crippen LogP contribution < -0.4 is 0 Å². The predicted octanol–water partition coefficient (Wildman–Crippen LogP) is 3.69. The number of hydrogen-bond acceptors (Lipinski definition) is 1. The Balaban J connectivity index is 2.64. The second kappa shape index (κ2) is 3.93. The molecule has 2 aromatic rings. The zero-order chi connectivity index (χ0) is 11.0. The zero-order valence-corrected chi connectivity index (χ0v) is 10.3. The van der Waals surface area contributed by atoms with E-state index < -0.39 is 6.67 Å². The Kier molecular flexibility index (Phi) is 2.78. The van der Waals surface area contributed by atoms with E-state index >= 15 is 0 Å². The summed E-state index contributed by atoms with van der Waals surface area (Å²) in [6.45, 7) is 3.72. The average molecular weight is 271 g/mol. The molecule has 4 heteroatoms. The van der Waals surface area contributed by atoms with Crippen molar-refractivity contribution in [3.05, 3.63) is 34.2 Å². The summed E-state index contributed by atoms with van der Waals surface area (Å²) in [4.78, 5) is 4.48. The Morgan fingerprint density at radius 2 is 2.20 bits per heavy atom. The SMILES string of the molecule is CC(C)c1cn2cc(CF)cc(Br)c2n1. The third kappa shape index (κ3) is 1.91. The third-order valence-electron chi connectivity index (χ3n) is 2.33. The molecule has 0 aromatic carbocycles. The lowest BCUT2D eigenvalue weighted by molar-refractivity contribution is 0.484. The Hall–Kier alpha value is -0.900. The molecule has 0 unspecified atom stereocenters. The zero-order valence-electron chi connectivity index (χ0n) is 8.67. The monoisotopic (exact) mass is 270 g/mol. The van der Waals surface area contributed by atoms with Crippen LogP contribution in [0.4, 0.5) is 4.39 Å². The highest BCUT2D eigenvalue weighted by Crippen LogP contribution is 2.22. The minimum Gasteiger partial charge on any atom is -0.305 e. The van der Waals surface area contributed by atoms with Crippen LogP contribution in [-0.2, 0) is 6.67 Å². The molecular formula is C11H12BrFN2. The summed E-state index contributed by atoms with van der Waals surface area (Å²) in [7, 11) is 0. The fraction of sp³-hybridized carbons (Fsp3) is 0.364. The number of fused-ring (bicyclic) bond motifs is 1. The summed E-state index contributed by atoms with van der Waals surface area (Å²) < 4.78 is 15.3. The largest absolute Gasteiger partial charge is 0.305 e. The van der Waals surface area contributed by atoms with Crippen molar-refractivity contribution in [2.45, 2.75) is 26.4 Å². The smallest absolute Gasteiger partial charge is 0.151 e. The van der Waals surface area contributed by atoms with Gasteiger partial charge in [-0.3, -0.25) is 0 Å². The van der Waals surface area contributed by atoms with Crippen LogP contribution in [0.3, 0.4) is 0 Å². The molecule has 0 spiro atoms. The van der Waals surface area contributed by atoms with E-state index in [0.29, 0.717) is 11.5 Å². The van der Waals surface area contributed by atoms with Crippen molar-refractivity contribution in [3.63, 3.8) is 0 Å². The van der Waals surface area contributed by atoms with Gasteiger partial charge in [-0.1, -0.05) is 13.8 Å². The summed E-state index contributed by atoms with van der Waals surface area (Å²) in [6, 6.07) is 1.77. The number of imidazole rings is 1. The highest BCUT2D eigenvalue weighted by Gasteiger charge is 2.09. The van der Waals surface area contributed by atoms with Crippen molar-refractivity contribution < 1.29 is 4.39 Å². The molecule has 0 bridgehead atoms. The molecule has 0 atom stereocenters. The second-order valence-electron chi connectivity index (χ2n) is 3.88. The molecule has 0 amide bonds. The maximum absolute atomic E-state index is 12.5. The van der Waals surface area contributed by atoms with Crippen molar-refractivity contribution in [2.75, 3.05) is 0 Å². The van der Waals surface area contributed by atoms with Gasteiger partial charge in [0.1, 0.15) is 6.67 Å². The minimum absolute atomic E-state index is 0.380. The van der Waals surface area contributed by atoms with Gasteiger partial charge in [0.05, 0.1) is 10.2 Å². The number of aromatic nitrogens is 2. The van der Waals surface area contributed by atoms with Gasteiger partial charge in [0.15, 0.2) is 5.65 Å². The van der Waals surface area contributed by atoms with Crippen molar-refractivity contribution >= 4 is 21.6 Å².